The van der Waals surface area contributed by atoms with Crippen LogP contribution in [0.2, 0.25) is 0 Å². The lowest BCUT2D eigenvalue weighted by Crippen LogP contribution is -2.65. The van der Waals surface area contributed by atoms with Gasteiger partial charge in [-0.1, -0.05) is 13.8 Å². The van der Waals surface area contributed by atoms with Gasteiger partial charge in [-0.2, -0.15) is 5.06 Å². The summed E-state index contributed by atoms with van der Waals surface area (Å²) in [6.07, 6.45) is 5.02. The first-order chi connectivity index (χ1) is 18.4. The van der Waals surface area contributed by atoms with E-state index in [1.807, 2.05) is 0 Å². The second kappa shape index (κ2) is 9.75. The molecular formula is C30H47NO8. The minimum atomic E-state index is -1.29. The van der Waals surface area contributed by atoms with Crippen molar-refractivity contribution in [3.05, 3.63) is 11.6 Å². The molecule has 4 N–H and O–H groups in total. The van der Waals surface area contributed by atoms with E-state index in [1.54, 1.807) is 25.2 Å². The molecule has 0 aromatic rings. The standard InChI is InChI=1S/C30H47NO8/c1-16-24(33)25(34)26(35)27(39-16)31(37-4)19-7-10-28(2)18(14-19)5-6-22-21(28)8-11-29(3)20(9-12-30(22,29)36)17-13-23(32)38-15-17/h13,16,18-22,24-27,33-36H,5-12,14-15H2,1-4H3/t16-,18?,19-,20+,21?,22?,24-,25+,26+,27?,28-,29+,30-/m0/s1. The largest absolute Gasteiger partial charge is 0.458 e. The van der Waals surface area contributed by atoms with Crippen LogP contribution in [0.15, 0.2) is 11.6 Å². The molecule has 2 heterocycles. The van der Waals surface area contributed by atoms with Crippen molar-refractivity contribution >= 4 is 5.97 Å². The molecule has 2 aliphatic heterocycles. The van der Waals surface area contributed by atoms with Crippen molar-refractivity contribution in [2.24, 2.45) is 34.5 Å². The number of cyclic esters (lactones) is 1. The number of rotatable bonds is 4. The highest BCUT2D eigenvalue weighted by Gasteiger charge is 2.68. The van der Waals surface area contributed by atoms with Crippen LogP contribution in [0.4, 0.5) is 0 Å². The molecule has 9 nitrogen and oxygen atoms in total. The number of esters is 1. The lowest BCUT2D eigenvalue weighted by atomic mass is 9.43. The summed E-state index contributed by atoms with van der Waals surface area (Å²) in [4.78, 5) is 17.6. The molecule has 0 aromatic carbocycles. The predicted octanol–water partition coefficient (Wildman–Crippen LogP) is 2.30. The highest BCUT2D eigenvalue weighted by atomic mass is 16.7. The van der Waals surface area contributed by atoms with Crippen molar-refractivity contribution in [2.75, 3.05) is 13.7 Å². The van der Waals surface area contributed by atoms with E-state index in [2.05, 4.69) is 13.8 Å². The molecule has 4 saturated carbocycles. The number of aliphatic hydroxyl groups excluding tert-OH is 3. The monoisotopic (exact) mass is 549 g/mol. The Balaban J connectivity index is 1.19. The van der Waals surface area contributed by atoms with E-state index in [-0.39, 0.29) is 34.7 Å². The molecular weight excluding hydrogens is 502 g/mol. The van der Waals surface area contributed by atoms with Gasteiger partial charge in [0.05, 0.1) is 18.8 Å². The fourth-order valence-corrected chi connectivity index (χ4v) is 10.3. The fourth-order valence-electron chi connectivity index (χ4n) is 10.3. The highest BCUT2D eigenvalue weighted by molar-refractivity contribution is 5.85. The number of hydrogen-bond acceptors (Lipinski definition) is 9. The van der Waals surface area contributed by atoms with Crippen molar-refractivity contribution in [3.63, 3.8) is 0 Å². The van der Waals surface area contributed by atoms with Crippen LogP contribution in [0.5, 0.6) is 0 Å². The van der Waals surface area contributed by atoms with Gasteiger partial charge in [-0.25, -0.2) is 4.79 Å². The minimum absolute atomic E-state index is 0.0264. The van der Waals surface area contributed by atoms with E-state index >= 15 is 0 Å². The molecule has 0 amide bonds. The molecule has 13 atom stereocenters. The molecule has 5 fully saturated rings. The summed E-state index contributed by atoms with van der Waals surface area (Å²) in [5, 5.41) is 45.4. The average Bonchev–Trinajstić information content (AvgIpc) is 3.45. The summed E-state index contributed by atoms with van der Waals surface area (Å²) in [5.41, 5.74) is 0.201. The Kier molecular flexibility index (Phi) is 7.02. The molecule has 39 heavy (non-hydrogen) atoms. The third-order valence-electron chi connectivity index (χ3n) is 12.6. The molecule has 220 valence electrons. The van der Waals surface area contributed by atoms with E-state index in [0.717, 1.165) is 63.4 Å². The van der Waals surface area contributed by atoms with Crippen LogP contribution in [-0.4, -0.2) is 87.5 Å². The average molecular weight is 550 g/mol. The number of hydroxylamine groups is 2. The van der Waals surface area contributed by atoms with E-state index in [0.29, 0.717) is 18.4 Å². The van der Waals surface area contributed by atoms with Crippen molar-refractivity contribution in [1.82, 2.24) is 5.06 Å². The molecule has 6 aliphatic rings. The summed E-state index contributed by atoms with van der Waals surface area (Å²) in [5.74, 6) is 1.09. The van der Waals surface area contributed by atoms with Crippen LogP contribution in [0, 0.1) is 34.5 Å². The summed E-state index contributed by atoms with van der Waals surface area (Å²) in [6.45, 7) is 6.76. The molecule has 0 radical (unpaired) electrons. The smallest absolute Gasteiger partial charge is 0.331 e. The Labute approximate surface area is 231 Å². The molecule has 0 bridgehead atoms. The Morgan fingerprint density at radius 1 is 0.974 bits per heavy atom. The number of aliphatic hydroxyl groups is 4. The van der Waals surface area contributed by atoms with Gasteiger partial charge in [-0.3, -0.25) is 4.84 Å². The van der Waals surface area contributed by atoms with Gasteiger partial charge in [0.2, 0.25) is 0 Å². The predicted molar refractivity (Wildman–Crippen MR) is 141 cm³/mol. The maximum atomic E-state index is 12.4. The first kappa shape index (κ1) is 28.1. The van der Waals surface area contributed by atoms with Gasteiger partial charge in [0.25, 0.3) is 0 Å². The van der Waals surface area contributed by atoms with E-state index in [1.165, 1.54) is 0 Å². The quantitative estimate of drug-likeness (QED) is 0.308. The van der Waals surface area contributed by atoms with Gasteiger partial charge in [0.1, 0.15) is 24.9 Å². The van der Waals surface area contributed by atoms with Gasteiger partial charge in [-0.15, -0.1) is 0 Å². The third-order valence-corrected chi connectivity index (χ3v) is 12.6. The second-order valence-corrected chi connectivity index (χ2v) is 14.0. The molecule has 0 spiro atoms. The number of ether oxygens (including phenoxy) is 2. The fraction of sp³-hybridized carbons (Fsp3) is 0.900. The molecule has 1 saturated heterocycles. The van der Waals surface area contributed by atoms with Crippen LogP contribution >= 0.6 is 0 Å². The minimum Gasteiger partial charge on any atom is -0.458 e. The summed E-state index contributed by atoms with van der Waals surface area (Å²) in [7, 11) is 1.58. The van der Waals surface area contributed by atoms with Crippen LogP contribution in [0.3, 0.4) is 0 Å². The van der Waals surface area contributed by atoms with E-state index in [4.69, 9.17) is 14.3 Å². The van der Waals surface area contributed by atoms with Crippen molar-refractivity contribution < 1.29 is 39.5 Å². The number of nitrogens with zero attached hydrogens (tertiary/aromatic N) is 1. The molecule has 6 rings (SSSR count). The van der Waals surface area contributed by atoms with Gasteiger partial charge in [-0.05, 0) is 99.4 Å². The van der Waals surface area contributed by atoms with Gasteiger partial charge in [0, 0.05) is 17.5 Å². The zero-order chi connectivity index (χ0) is 27.9. The summed E-state index contributed by atoms with van der Waals surface area (Å²) in [6, 6.07) is 0.0264. The van der Waals surface area contributed by atoms with E-state index < -0.39 is 36.2 Å². The normalized spacial score (nSPS) is 53.6. The summed E-state index contributed by atoms with van der Waals surface area (Å²) >= 11 is 0. The maximum Gasteiger partial charge on any atom is 0.331 e. The molecule has 4 aliphatic carbocycles. The zero-order valence-electron chi connectivity index (χ0n) is 23.8. The second-order valence-electron chi connectivity index (χ2n) is 14.0. The topological polar surface area (TPSA) is 129 Å². The SMILES string of the molecule is CON(C1O[C@@H](C)[C@H](O)[C@@H](O)[C@H]1O)[C@H]1CC[C@@]2(C)C(CCC3C2CC[C@]2(C)[C@@H](C4=CC(=O)OC4)CC[C@]32O)C1. The number of carbonyl (C=O) groups excluding carboxylic acids is 1. The first-order valence-electron chi connectivity index (χ1n) is 15.1. The van der Waals surface area contributed by atoms with Gasteiger partial charge >= 0.3 is 5.97 Å². The Hall–Kier alpha value is -1.07. The lowest BCUT2D eigenvalue weighted by Gasteiger charge is -2.64. The third kappa shape index (κ3) is 4.02. The maximum absolute atomic E-state index is 12.4. The number of carbonyl (C=O) groups is 1. The zero-order valence-corrected chi connectivity index (χ0v) is 23.8. The van der Waals surface area contributed by atoms with Crippen molar-refractivity contribution in [1.29, 1.82) is 0 Å². The van der Waals surface area contributed by atoms with Gasteiger partial charge < -0.3 is 29.9 Å². The molecule has 0 aromatic heterocycles. The van der Waals surface area contributed by atoms with E-state index in [9.17, 15) is 25.2 Å². The Morgan fingerprint density at radius 2 is 1.74 bits per heavy atom. The van der Waals surface area contributed by atoms with Crippen molar-refractivity contribution in [3.8, 4) is 0 Å². The number of fused-ring (bicyclic) bond motifs is 5. The molecule has 9 heteroatoms. The van der Waals surface area contributed by atoms with Crippen LogP contribution in [-0.2, 0) is 19.1 Å². The lowest BCUT2D eigenvalue weighted by molar-refractivity contribution is -0.340. The number of hydrogen-bond donors (Lipinski definition) is 4. The van der Waals surface area contributed by atoms with Crippen LogP contribution in [0.1, 0.15) is 78.6 Å². The van der Waals surface area contributed by atoms with Crippen molar-refractivity contribution in [2.45, 2.75) is 121 Å². The molecule has 4 unspecified atom stereocenters. The summed E-state index contributed by atoms with van der Waals surface area (Å²) < 4.78 is 11.2. The Morgan fingerprint density at radius 3 is 2.44 bits per heavy atom. The highest BCUT2D eigenvalue weighted by Crippen LogP contribution is 2.70. The van der Waals surface area contributed by atoms with Gasteiger partial charge in [0.15, 0.2) is 6.23 Å². The van der Waals surface area contributed by atoms with Crippen LogP contribution < -0.4 is 0 Å². The first-order valence-corrected chi connectivity index (χ1v) is 15.1. The Bertz CT molecular complexity index is 1010. The van der Waals surface area contributed by atoms with Crippen LogP contribution in [0.25, 0.3) is 0 Å².